The van der Waals surface area contributed by atoms with Gasteiger partial charge in [0, 0.05) is 11.8 Å². The molecule has 0 radical (unpaired) electrons. The third kappa shape index (κ3) is 1.80. The summed E-state index contributed by atoms with van der Waals surface area (Å²) < 4.78 is 0. The van der Waals surface area contributed by atoms with Gasteiger partial charge in [0.15, 0.2) is 0 Å². The molecule has 1 aliphatic rings. The Kier molecular flexibility index (Phi) is 2.17. The summed E-state index contributed by atoms with van der Waals surface area (Å²) in [5, 5.41) is 0. The van der Waals surface area contributed by atoms with Gasteiger partial charge in [-0.15, -0.1) is 0 Å². The molecule has 1 aromatic rings. The molecule has 0 aromatic heterocycles. The average molecular weight is 173 g/mol. The van der Waals surface area contributed by atoms with E-state index in [1.807, 2.05) is 0 Å². The van der Waals surface area contributed by atoms with Crippen molar-refractivity contribution in [2.45, 2.75) is 32.7 Å². The largest absolute Gasteiger partial charge is 0.286 e. The number of aliphatic imine (C=N–C) groups is 1. The van der Waals surface area contributed by atoms with Gasteiger partial charge < -0.3 is 0 Å². The monoisotopic (exact) mass is 173 g/mol. The van der Waals surface area contributed by atoms with Gasteiger partial charge in [-0.3, -0.25) is 4.99 Å². The van der Waals surface area contributed by atoms with Crippen LogP contribution >= 0.6 is 0 Å². The minimum Gasteiger partial charge on any atom is -0.286 e. The first kappa shape index (κ1) is 8.49. The van der Waals surface area contributed by atoms with Crippen LogP contribution in [0.3, 0.4) is 0 Å². The fourth-order valence-corrected chi connectivity index (χ4v) is 1.71. The van der Waals surface area contributed by atoms with Crippen molar-refractivity contribution in [1.29, 1.82) is 0 Å². The third-order valence-electron chi connectivity index (χ3n) is 2.56. The molecule has 0 bridgehead atoms. The van der Waals surface area contributed by atoms with Gasteiger partial charge in [-0.2, -0.15) is 0 Å². The summed E-state index contributed by atoms with van der Waals surface area (Å²) >= 11 is 0. The Hall–Kier alpha value is -1.11. The SMILES string of the molecule is Cc1ccc(C2=NC(C)CC2)cc1. The van der Waals surface area contributed by atoms with Crippen molar-refractivity contribution < 1.29 is 0 Å². The zero-order chi connectivity index (χ0) is 9.26. The van der Waals surface area contributed by atoms with Gasteiger partial charge in [-0.1, -0.05) is 29.8 Å². The van der Waals surface area contributed by atoms with Gasteiger partial charge in [-0.25, -0.2) is 0 Å². The minimum absolute atomic E-state index is 0.524. The van der Waals surface area contributed by atoms with Crippen LogP contribution < -0.4 is 0 Å². The summed E-state index contributed by atoms with van der Waals surface area (Å²) in [5.41, 5.74) is 3.90. The molecule has 1 heterocycles. The second kappa shape index (κ2) is 3.33. The minimum atomic E-state index is 0.524. The normalized spacial score (nSPS) is 21.7. The lowest BCUT2D eigenvalue weighted by atomic mass is 10.1. The molecule has 1 heteroatoms. The lowest BCUT2D eigenvalue weighted by Crippen LogP contribution is -1.95. The predicted molar refractivity (Wildman–Crippen MR) is 56.4 cm³/mol. The average Bonchev–Trinajstić information content (AvgIpc) is 2.53. The quantitative estimate of drug-likeness (QED) is 0.619. The van der Waals surface area contributed by atoms with Gasteiger partial charge in [0.2, 0.25) is 0 Å². The maximum atomic E-state index is 4.61. The van der Waals surface area contributed by atoms with Crippen LogP contribution in [0.5, 0.6) is 0 Å². The van der Waals surface area contributed by atoms with E-state index in [2.05, 4.69) is 43.1 Å². The van der Waals surface area contributed by atoms with E-state index < -0.39 is 0 Å². The molecule has 1 nitrogen and oxygen atoms in total. The van der Waals surface area contributed by atoms with Crippen LogP contribution in [0.15, 0.2) is 29.3 Å². The molecule has 0 saturated carbocycles. The summed E-state index contributed by atoms with van der Waals surface area (Å²) in [4.78, 5) is 4.61. The Morgan fingerprint density at radius 2 is 1.92 bits per heavy atom. The van der Waals surface area contributed by atoms with E-state index >= 15 is 0 Å². The van der Waals surface area contributed by atoms with Gasteiger partial charge in [-0.05, 0) is 32.3 Å². The highest BCUT2D eigenvalue weighted by Crippen LogP contribution is 2.18. The molecular weight excluding hydrogens is 158 g/mol. The Morgan fingerprint density at radius 3 is 2.46 bits per heavy atom. The summed E-state index contributed by atoms with van der Waals surface area (Å²) in [6.07, 6.45) is 2.35. The fourth-order valence-electron chi connectivity index (χ4n) is 1.71. The highest BCUT2D eigenvalue weighted by molar-refractivity contribution is 6.01. The van der Waals surface area contributed by atoms with Crippen molar-refractivity contribution in [2.24, 2.45) is 4.99 Å². The Balaban J connectivity index is 2.26. The molecule has 1 aliphatic heterocycles. The van der Waals surface area contributed by atoms with Gasteiger partial charge >= 0.3 is 0 Å². The van der Waals surface area contributed by atoms with Crippen molar-refractivity contribution in [3.05, 3.63) is 35.4 Å². The van der Waals surface area contributed by atoms with Crippen molar-refractivity contribution in [3.63, 3.8) is 0 Å². The molecule has 13 heavy (non-hydrogen) atoms. The zero-order valence-corrected chi connectivity index (χ0v) is 8.25. The van der Waals surface area contributed by atoms with Crippen molar-refractivity contribution in [1.82, 2.24) is 0 Å². The highest BCUT2D eigenvalue weighted by Gasteiger charge is 2.13. The summed E-state index contributed by atoms with van der Waals surface area (Å²) in [5.74, 6) is 0. The van der Waals surface area contributed by atoms with E-state index in [4.69, 9.17) is 0 Å². The molecule has 0 spiro atoms. The summed E-state index contributed by atoms with van der Waals surface area (Å²) in [7, 11) is 0. The second-order valence-corrected chi connectivity index (χ2v) is 3.83. The number of aryl methyl sites for hydroxylation is 1. The van der Waals surface area contributed by atoms with E-state index in [1.165, 1.54) is 23.3 Å². The van der Waals surface area contributed by atoms with Crippen LogP contribution in [0.4, 0.5) is 0 Å². The Labute approximate surface area is 79.5 Å². The van der Waals surface area contributed by atoms with Gasteiger partial charge in [0.1, 0.15) is 0 Å². The van der Waals surface area contributed by atoms with Crippen LogP contribution in [0.1, 0.15) is 30.9 Å². The lowest BCUT2D eigenvalue weighted by Gasteiger charge is -1.99. The van der Waals surface area contributed by atoms with E-state index in [1.54, 1.807) is 0 Å². The first-order valence-electron chi connectivity index (χ1n) is 4.89. The Morgan fingerprint density at radius 1 is 1.23 bits per heavy atom. The van der Waals surface area contributed by atoms with Gasteiger partial charge in [0.25, 0.3) is 0 Å². The Bertz CT molecular complexity index is 321. The van der Waals surface area contributed by atoms with Crippen LogP contribution in [0, 0.1) is 6.92 Å². The number of rotatable bonds is 1. The third-order valence-corrected chi connectivity index (χ3v) is 2.56. The summed E-state index contributed by atoms with van der Waals surface area (Å²) in [6, 6.07) is 9.18. The van der Waals surface area contributed by atoms with Crippen LogP contribution in [0.25, 0.3) is 0 Å². The van der Waals surface area contributed by atoms with Crippen molar-refractivity contribution in [3.8, 4) is 0 Å². The smallest absolute Gasteiger partial charge is 0.0478 e. The van der Waals surface area contributed by atoms with E-state index in [0.29, 0.717) is 6.04 Å². The van der Waals surface area contributed by atoms with Gasteiger partial charge in [0.05, 0.1) is 0 Å². The predicted octanol–water partition coefficient (Wildman–Crippen LogP) is 2.97. The molecule has 0 N–H and O–H groups in total. The molecule has 1 aromatic carbocycles. The first-order chi connectivity index (χ1) is 6.25. The number of benzene rings is 1. The molecule has 68 valence electrons. The molecule has 0 amide bonds. The van der Waals surface area contributed by atoms with Crippen molar-refractivity contribution in [2.75, 3.05) is 0 Å². The standard InChI is InChI=1S/C12H15N/c1-9-3-6-11(7-4-9)12-8-5-10(2)13-12/h3-4,6-7,10H,5,8H2,1-2H3. The highest BCUT2D eigenvalue weighted by atomic mass is 14.8. The topological polar surface area (TPSA) is 12.4 Å². The summed E-state index contributed by atoms with van der Waals surface area (Å²) in [6.45, 7) is 4.30. The zero-order valence-electron chi connectivity index (χ0n) is 8.25. The lowest BCUT2D eigenvalue weighted by molar-refractivity contribution is 0.739. The second-order valence-electron chi connectivity index (χ2n) is 3.83. The van der Waals surface area contributed by atoms with Crippen LogP contribution in [-0.4, -0.2) is 11.8 Å². The maximum absolute atomic E-state index is 4.61. The molecule has 0 fully saturated rings. The number of hydrogen-bond acceptors (Lipinski definition) is 1. The van der Waals surface area contributed by atoms with E-state index in [9.17, 15) is 0 Å². The number of nitrogens with zero attached hydrogens (tertiary/aromatic N) is 1. The molecule has 2 rings (SSSR count). The van der Waals surface area contributed by atoms with Crippen molar-refractivity contribution >= 4 is 5.71 Å². The fraction of sp³-hybridized carbons (Fsp3) is 0.417. The first-order valence-corrected chi connectivity index (χ1v) is 4.89. The maximum Gasteiger partial charge on any atom is 0.0478 e. The van der Waals surface area contributed by atoms with E-state index in [0.717, 1.165) is 6.42 Å². The molecule has 1 atom stereocenters. The molecular formula is C12H15N. The number of hydrogen-bond donors (Lipinski definition) is 0. The van der Waals surface area contributed by atoms with Crippen LogP contribution in [-0.2, 0) is 0 Å². The molecule has 0 aliphatic carbocycles. The van der Waals surface area contributed by atoms with E-state index in [-0.39, 0.29) is 0 Å². The molecule has 1 unspecified atom stereocenters. The molecule has 0 saturated heterocycles. The van der Waals surface area contributed by atoms with Crippen LogP contribution in [0.2, 0.25) is 0 Å².